The third kappa shape index (κ3) is 5.86. The second kappa shape index (κ2) is 10.8. The van der Waals surface area contributed by atoms with E-state index in [-0.39, 0.29) is 30.0 Å². The molecule has 3 amide bonds. The third-order valence-electron chi connectivity index (χ3n) is 6.89. The molecule has 2 aliphatic rings. The number of rotatable bonds is 6. The van der Waals surface area contributed by atoms with Gasteiger partial charge in [0.15, 0.2) is 0 Å². The minimum Gasteiger partial charge on any atom is -0.463 e. The SMILES string of the molecule is CCOC(=O)C1=C(CN2CCN(C(=O)CC)[C@H](C)C2)N(C)C(=O)N[C@H]1c1ccc(C(C)(C)C)cc1. The highest BCUT2D eigenvalue weighted by Gasteiger charge is 2.38. The average molecular weight is 485 g/mol. The van der Waals surface area contributed by atoms with E-state index in [1.807, 2.05) is 43.0 Å². The Morgan fingerprint density at radius 2 is 1.77 bits per heavy atom. The molecule has 192 valence electrons. The van der Waals surface area contributed by atoms with E-state index in [0.717, 1.165) is 5.56 Å². The fourth-order valence-electron chi connectivity index (χ4n) is 4.79. The number of piperazine rings is 1. The smallest absolute Gasteiger partial charge is 0.338 e. The second-order valence-corrected chi connectivity index (χ2v) is 10.4. The van der Waals surface area contributed by atoms with Gasteiger partial charge in [-0.15, -0.1) is 0 Å². The number of nitrogens with zero attached hydrogens (tertiary/aromatic N) is 3. The van der Waals surface area contributed by atoms with Crippen molar-refractivity contribution in [3.05, 3.63) is 46.7 Å². The van der Waals surface area contributed by atoms with E-state index in [2.05, 4.69) is 31.0 Å². The number of carbonyl (C=O) groups excluding carboxylic acids is 3. The molecule has 35 heavy (non-hydrogen) atoms. The van der Waals surface area contributed by atoms with Crippen LogP contribution >= 0.6 is 0 Å². The van der Waals surface area contributed by atoms with Crippen molar-refractivity contribution in [3.8, 4) is 0 Å². The van der Waals surface area contributed by atoms with Crippen molar-refractivity contribution in [2.45, 2.75) is 65.5 Å². The molecule has 0 unspecified atom stereocenters. The van der Waals surface area contributed by atoms with Crippen molar-refractivity contribution in [2.75, 3.05) is 39.8 Å². The fourth-order valence-corrected chi connectivity index (χ4v) is 4.79. The summed E-state index contributed by atoms with van der Waals surface area (Å²) >= 11 is 0. The van der Waals surface area contributed by atoms with Crippen LogP contribution in [0.3, 0.4) is 0 Å². The maximum Gasteiger partial charge on any atom is 0.338 e. The summed E-state index contributed by atoms with van der Waals surface area (Å²) in [6.07, 6.45) is 0.487. The predicted molar refractivity (Wildman–Crippen MR) is 136 cm³/mol. The molecular weight excluding hydrogens is 444 g/mol. The van der Waals surface area contributed by atoms with Gasteiger partial charge in [0.2, 0.25) is 5.91 Å². The molecule has 2 heterocycles. The molecule has 1 aromatic rings. The summed E-state index contributed by atoms with van der Waals surface area (Å²) in [5, 5.41) is 2.99. The molecule has 0 bridgehead atoms. The monoisotopic (exact) mass is 484 g/mol. The minimum absolute atomic E-state index is 0.00245. The van der Waals surface area contributed by atoms with Gasteiger partial charge in [-0.05, 0) is 30.4 Å². The first kappa shape index (κ1) is 26.7. The molecule has 0 radical (unpaired) electrons. The molecule has 1 saturated heterocycles. The molecule has 2 aliphatic heterocycles. The lowest BCUT2D eigenvalue weighted by atomic mass is 9.85. The predicted octanol–water partition coefficient (Wildman–Crippen LogP) is 3.44. The van der Waals surface area contributed by atoms with Gasteiger partial charge in [-0.2, -0.15) is 0 Å². The summed E-state index contributed by atoms with van der Waals surface area (Å²) in [6, 6.07) is 7.26. The Labute approximate surface area is 209 Å². The topological polar surface area (TPSA) is 82.2 Å². The minimum atomic E-state index is -0.595. The summed E-state index contributed by atoms with van der Waals surface area (Å²) in [5.74, 6) is -0.274. The molecule has 2 atom stereocenters. The lowest BCUT2D eigenvalue weighted by molar-refractivity contribution is -0.139. The summed E-state index contributed by atoms with van der Waals surface area (Å²) in [4.78, 5) is 44.1. The van der Waals surface area contributed by atoms with Gasteiger partial charge in [0.05, 0.1) is 18.2 Å². The number of amides is 3. The summed E-state index contributed by atoms with van der Waals surface area (Å²) < 4.78 is 5.45. The Balaban J connectivity index is 1.97. The van der Waals surface area contributed by atoms with Gasteiger partial charge >= 0.3 is 12.0 Å². The molecule has 3 rings (SSSR count). The van der Waals surface area contributed by atoms with Crippen LogP contribution in [0.4, 0.5) is 4.79 Å². The van der Waals surface area contributed by atoms with E-state index in [1.165, 1.54) is 10.5 Å². The highest BCUT2D eigenvalue weighted by Crippen LogP contribution is 2.33. The van der Waals surface area contributed by atoms with E-state index < -0.39 is 12.0 Å². The molecule has 8 nitrogen and oxygen atoms in total. The normalized spacial score (nSPS) is 21.7. The van der Waals surface area contributed by atoms with Gasteiger partial charge in [0.1, 0.15) is 0 Å². The van der Waals surface area contributed by atoms with E-state index >= 15 is 0 Å². The van der Waals surface area contributed by atoms with Gasteiger partial charge < -0.3 is 15.0 Å². The number of esters is 1. The summed E-state index contributed by atoms with van der Waals surface area (Å²) in [6.45, 7) is 14.8. The zero-order valence-electron chi connectivity index (χ0n) is 22.2. The van der Waals surface area contributed by atoms with Crippen LogP contribution in [0, 0.1) is 0 Å². The summed E-state index contributed by atoms with van der Waals surface area (Å²) in [7, 11) is 1.68. The van der Waals surface area contributed by atoms with Crippen molar-refractivity contribution in [1.29, 1.82) is 0 Å². The van der Waals surface area contributed by atoms with Crippen LogP contribution < -0.4 is 5.32 Å². The Hall–Kier alpha value is -2.87. The van der Waals surface area contributed by atoms with Crippen molar-refractivity contribution < 1.29 is 19.1 Å². The van der Waals surface area contributed by atoms with Crippen LogP contribution in [0.2, 0.25) is 0 Å². The highest BCUT2D eigenvalue weighted by atomic mass is 16.5. The van der Waals surface area contributed by atoms with Crippen LogP contribution in [0.5, 0.6) is 0 Å². The third-order valence-corrected chi connectivity index (χ3v) is 6.89. The lowest BCUT2D eigenvalue weighted by Crippen LogP contribution is -2.56. The number of hydrogen-bond donors (Lipinski definition) is 1. The van der Waals surface area contributed by atoms with Gasteiger partial charge in [0.25, 0.3) is 0 Å². The number of carbonyl (C=O) groups is 3. The van der Waals surface area contributed by atoms with Crippen LogP contribution in [0.25, 0.3) is 0 Å². The Morgan fingerprint density at radius 1 is 1.11 bits per heavy atom. The van der Waals surface area contributed by atoms with Crippen LogP contribution in [0.15, 0.2) is 35.5 Å². The molecule has 8 heteroatoms. The van der Waals surface area contributed by atoms with E-state index in [4.69, 9.17) is 4.74 Å². The van der Waals surface area contributed by atoms with Crippen molar-refractivity contribution in [1.82, 2.24) is 20.0 Å². The molecule has 0 spiro atoms. The largest absolute Gasteiger partial charge is 0.463 e. The number of urea groups is 1. The average Bonchev–Trinajstić information content (AvgIpc) is 2.81. The van der Waals surface area contributed by atoms with Gasteiger partial charge in [0, 0.05) is 51.4 Å². The zero-order chi connectivity index (χ0) is 25.9. The number of hydrogen-bond acceptors (Lipinski definition) is 5. The number of ether oxygens (including phenoxy) is 1. The Kier molecular flexibility index (Phi) is 8.26. The first-order valence-electron chi connectivity index (χ1n) is 12.5. The quantitative estimate of drug-likeness (QED) is 0.626. The van der Waals surface area contributed by atoms with Crippen LogP contribution in [-0.2, 0) is 19.7 Å². The van der Waals surface area contributed by atoms with E-state index in [1.54, 1.807) is 14.0 Å². The number of nitrogens with one attached hydrogen (secondary N) is 1. The van der Waals surface area contributed by atoms with Gasteiger partial charge in [-0.25, -0.2) is 9.59 Å². The molecular formula is C27H40N4O4. The highest BCUT2D eigenvalue weighted by molar-refractivity contribution is 5.95. The van der Waals surface area contributed by atoms with Gasteiger partial charge in [-0.3, -0.25) is 14.6 Å². The Morgan fingerprint density at radius 3 is 2.31 bits per heavy atom. The number of benzene rings is 1. The standard InChI is InChI=1S/C27H40N4O4/c1-8-22(32)31-15-14-30(16-18(31)3)17-21-23(25(33)35-9-2)24(28-26(34)29(21)7)19-10-12-20(13-11-19)27(4,5)6/h10-13,18,24H,8-9,14-17H2,1-7H3,(H,28,34)/t18-,24+/m1/s1. The maximum absolute atomic E-state index is 13.2. The molecule has 0 saturated carbocycles. The first-order chi connectivity index (χ1) is 16.5. The fraction of sp³-hybridized carbons (Fsp3) is 0.593. The van der Waals surface area contributed by atoms with E-state index in [0.29, 0.717) is 43.9 Å². The summed E-state index contributed by atoms with van der Waals surface area (Å²) in [5.41, 5.74) is 3.11. The lowest BCUT2D eigenvalue weighted by Gasteiger charge is -2.42. The van der Waals surface area contributed by atoms with E-state index in [9.17, 15) is 14.4 Å². The Bertz CT molecular complexity index is 980. The number of likely N-dealkylation sites (N-methyl/N-ethyl adjacent to an activating group) is 1. The van der Waals surface area contributed by atoms with Crippen molar-refractivity contribution in [2.24, 2.45) is 0 Å². The molecule has 1 fully saturated rings. The molecule has 1 N–H and O–H groups in total. The maximum atomic E-state index is 13.2. The second-order valence-electron chi connectivity index (χ2n) is 10.4. The van der Waals surface area contributed by atoms with Gasteiger partial charge in [-0.1, -0.05) is 52.0 Å². The van der Waals surface area contributed by atoms with Crippen molar-refractivity contribution in [3.63, 3.8) is 0 Å². The zero-order valence-corrected chi connectivity index (χ0v) is 22.2. The van der Waals surface area contributed by atoms with Crippen molar-refractivity contribution >= 4 is 17.9 Å². The first-order valence-corrected chi connectivity index (χ1v) is 12.5. The molecule has 0 aliphatic carbocycles. The van der Waals surface area contributed by atoms with Crippen LogP contribution in [-0.4, -0.2) is 78.5 Å². The van der Waals surface area contributed by atoms with Crippen LogP contribution in [0.1, 0.15) is 65.1 Å². The molecule has 1 aromatic carbocycles. The molecule has 0 aromatic heterocycles.